The summed E-state index contributed by atoms with van der Waals surface area (Å²) in [6, 6.07) is 0. The van der Waals surface area contributed by atoms with E-state index in [0.29, 0.717) is 11.8 Å². The van der Waals surface area contributed by atoms with Gasteiger partial charge in [0.2, 0.25) is 0 Å². The van der Waals surface area contributed by atoms with Gasteiger partial charge in [0.25, 0.3) is 5.91 Å². The maximum Gasteiger partial charge on any atom is 0.251 e. The minimum atomic E-state index is 0.141. The van der Waals surface area contributed by atoms with Crippen LogP contribution in [0.1, 0.15) is 39.0 Å². The molecule has 2 nitrogen and oxygen atoms in total. The highest BCUT2D eigenvalue weighted by molar-refractivity contribution is 5.98. The fourth-order valence-electron chi connectivity index (χ4n) is 3.58. The molecule has 2 aliphatic carbocycles. The molecular formula is C15H19NO. The molecule has 90 valence electrons. The van der Waals surface area contributed by atoms with Crippen molar-refractivity contribution in [3.63, 3.8) is 0 Å². The standard InChI is InChI=1S/C15H19NO/c1-2-4-11-9-12-6-3-5-10-7-8-16-15(17)14(11)13(10)12/h5,7-8,11-12H,2-4,6,9H2,1H3,(H,16,17). The monoisotopic (exact) mass is 229 g/mol. The predicted octanol–water partition coefficient (Wildman–Crippen LogP) is 3.08. The number of nitrogens with one attached hydrogen (secondary N) is 1. The quantitative estimate of drug-likeness (QED) is 0.774. The number of allylic oxidation sites excluding steroid dienone is 4. The van der Waals surface area contributed by atoms with E-state index in [1.165, 1.54) is 24.0 Å². The molecule has 1 amide bonds. The first-order chi connectivity index (χ1) is 8.31. The number of carbonyl (C=O) groups is 1. The van der Waals surface area contributed by atoms with Crippen LogP contribution >= 0.6 is 0 Å². The van der Waals surface area contributed by atoms with Crippen molar-refractivity contribution in [1.82, 2.24) is 5.32 Å². The highest BCUT2D eigenvalue weighted by Gasteiger charge is 2.38. The Labute approximate surface area is 102 Å². The Kier molecular flexibility index (Phi) is 2.65. The third-order valence-corrected chi connectivity index (χ3v) is 4.23. The van der Waals surface area contributed by atoms with Gasteiger partial charge in [-0.2, -0.15) is 0 Å². The lowest BCUT2D eigenvalue weighted by Crippen LogP contribution is -2.22. The van der Waals surface area contributed by atoms with Gasteiger partial charge < -0.3 is 5.32 Å². The van der Waals surface area contributed by atoms with E-state index in [2.05, 4.69) is 24.4 Å². The maximum absolute atomic E-state index is 12.2. The van der Waals surface area contributed by atoms with Crippen molar-refractivity contribution in [2.45, 2.75) is 39.0 Å². The Balaban J connectivity index is 2.07. The topological polar surface area (TPSA) is 29.1 Å². The zero-order valence-corrected chi connectivity index (χ0v) is 10.3. The van der Waals surface area contributed by atoms with Crippen molar-refractivity contribution in [3.8, 4) is 0 Å². The fraction of sp³-hybridized carbons (Fsp3) is 0.533. The molecule has 2 unspecified atom stereocenters. The lowest BCUT2D eigenvalue weighted by atomic mass is 9.84. The van der Waals surface area contributed by atoms with Gasteiger partial charge in [-0.05, 0) is 54.7 Å². The van der Waals surface area contributed by atoms with E-state index in [1.54, 1.807) is 6.20 Å². The lowest BCUT2D eigenvalue weighted by Gasteiger charge is -2.20. The minimum absolute atomic E-state index is 0.141. The largest absolute Gasteiger partial charge is 0.329 e. The molecule has 0 aromatic rings. The number of amides is 1. The van der Waals surface area contributed by atoms with Gasteiger partial charge in [-0.3, -0.25) is 4.79 Å². The van der Waals surface area contributed by atoms with Crippen molar-refractivity contribution in [2.24, 2.45) is 11.8 Å². The third-order valence-electron chi connectivity index (χ3n) is 4.23. The van der Waals surface area contributed by atoms with Crippen LogP contribution in [0.25, 0.3) is 0 Å². The molecule has 0 saturated carbocycles. The molecule has 1 aliphatic heterocycles. The smallest absolute Gasteiger partial charge is 0.251 e. The first-order valence-corrected chi connectivity index (χ1v) is 6.73. The number of rotatable bonds is 2. The molecule has 0 saturated heterocycles. The van der Waals surface area contributed by atoms with Crippen molar-refractivity contribution in [3.05, 3.63) is 35.1 Å². The fourth-order valence-corrected chi connectivity index (χ4v) is 3.58. The summed E-state index contributed by atoms with van der Waals surface area (Å²) in [7, 11) is 0. The number of carbonyl (C=O) groups excluding carboxylic acids is 1. The highest BCUT2D eigenvalue weighted by atomic mass is 16.1. The van der Waals surface area contributed by atoms with Gasteiger partial charge >= 0.3 is 0 Å². The summed E-state index contributed by atoms with van der Waals surface area (Å²) in [5.41, 5.74) is 3.75. The second kappa shape index (κ2) is 4.17. The van der Waals surface area contributed by atoms with Gasteiger partial charge in [-0.15, -0.1) is 0 Å². The molecule has 3 aliphatic rings. The average Bonchev–Trinajstić information content (AvgIpc) is 2.58. The SMILES string of the molecule is CCCC1CC2CCC=C3C=CNC(=O)C1=C32. The maximum atomic E-state index is 12.2. The van der Waals surface area contributed by atoms with E-state index in [9.17, 15) is 4.79 Å². The van der Waals surface area contributed by atoms with E-state index in [1.807, 2.05) is 0 Å². The summed E-state index contributed by atoms with van der Waals surface area (Å²) in [5.74, 6) is 1.26. The molecule has 2 heteroatoms. The average molecular weight is 229 g/mol. The molecular weight excluding hydrogens is 210 g/mol. The molecule has 0 bridgehead atoms. The second-order valence-corrected chi connectivity index (χ2v) is 5.29. The molecule has 1 N–H and O–H groups in total. The van der Waals surface area contributed by atoms with Crippen LogP contribution in [0.15, 0.2) is 35.1 Å². The van der Waals surface area contributed by atoms with Gasteiger partial charge in [-0.1, -0.05) is 19.4 Å². The van der Waals surface area contributed by atoms with E-state index in [0.717, 1.165) is 24.8 Å². The predicted molar refractivity (Wildman–Crippen MR) is 68.1 cm³/mol. The summed E-state index contributed by atoms with van der Waals surface area (Å²) in [6.45, 7) is 2.21. The van der Waals surface area contributed by atoms with Gasteiger partial charge in [0.15, 0.2) is 0 Å². The Hall–Kier alpha value is -1.31. The van der Waals surface area contributed by atoms with Crippen molar-refractivity contribution in [2.75, 3.05) is 0 Å². The summed E-state index contributed by atoms with van der Waals surface area (Å²) in [6.07, 6.45) is 12.1. The van der Waals surface area contributed by atoms with Gasteiger partial charge in [0.1, 0.15) is 0 Å². The number of hydrogen-bond donors (Lipinski definition) is 1. The van der Waals surface area contributed by atoms with Crippen LogP contribution in [-0.4, -0.2) is 5.91 Å². The first-order valence-electron chi connectivity index (χ1n) is 6.73. The Morgan fingerprint density at radius 1 is 1.41 bits per heavy atom. The molecule has 0 spiro atoms. The molecule has 0 aromatic heterocycles. The molecule has 0 fully saturated rings. The van der Waals surface area contributed by atoms with Crippen molar-refractivity contribution in [1.29, 1.82) is 0 Å². The lowest BCUT2D eigenvalue weighted by molar-refractivity contribution is -0.117. The molecule has 1 heterocycles. The van der Waals surface area contributed by atoms with E-state index in [4.69, 9.17) is 0 Å². The van der Waals surface area contributed by atoms with Crippen LogP contribution in [0.5, 0.6) is 0 Å². The first kappa shape index (κ1) is 10.8. The van der Waals surface area contributed by atoms with Gasteiger partial charge in [-0.25, -0.2) is 0 Å². The molecule has 3 rings (SSSR count). The Bertz CT molecular complexity index is 442. The normalized spacial score (nSPS) is 30.9. The Morgan fingerprint density at radius 2 is 2.29 bits per heavy atom. The van der Waals surface area contributed by atoms with Crippen LogP contribution in [0.3, 0.4) is 0 Å². The van der Waals surface area contributed by atoms with Gasteiger partial charge in [0, 0.05) is 11.8 Å². The third kappa shape index (κ3) is 1.67. The highest BCUT2D eigenvalue weighted by Crippen LogP contribution is 2.47. The van der Waals surface area contributed by atoms with Crippen LogP contribution in [0.4, 0.5) is 0 Å². The molecule has 2 atom stereocenters. The Morgan fingerprint density at radius 3 is 3.12 bits per heavy atom. The van der Waals surface area contributed by atoms with E-state index >= 15 is 0 Å². The second-order valence-electron chi connectivity index (χ2n) is 5.29. The summed E-state index contributed by atoms with van der Waals surface area (Å²) in [4.78, 5) is 12.2. The zero-order chi connectivity index (χ0) is 11.8. The summed E-state index contributed by atoms with van der Waals surface area (Å²) < 4.78 is 0. The molecule has 0 aromatic carbocycles. The van der Waals surface area contributed by atoms with E-state index < -0.39 is 0 Å². The molecule has 0 radical (unpaired) electrons. The van der Waals surface area contributed by atoms with Crippen LogP contribution < -0.4 is 5.32 Å². The van der Waals surface area contributed by atoms with Crippen LogP contribution in [-0.2, 0) is 4.79 Å². The minimum Gasteiger partial charge on any atom is -0.329 e. The zero-order valence-electron chi connectivity index (χ0n) is 10.3. The van der Waals surface area contributed by atoms with Gasteiger partial charge in [0.05, 0.1) is 0 Å². The summed E-state index contributed by atoms with van der Waals surface area (Å²) >= 11 is 0. The molecule has 17 heavy (non-hydrogen) atoms. The van der Waals surface area contributed by atoms with Crippen molar-refractivity contribution >= 4 is 5.91 Å². The van der Waals surface area contributed by atoms with E-state index in [-0.39, 0.29) is 5.91 Å². The van der Waals surface area contributed by atoms with Crippen LogP contribution in [0, 0.1) is 11.8 Å². The summed E-state index contributed by atoms with van der Waals surface area (Å²) in [5, 5.41) is 2.90. The van der Waals surface area contributed by atoms with Crippen molar-refractivity contribution < 1.29 is 4.79 Å². The van der Waals surface area contributed by atoms with Crippen LogP contribution in [0.2, 0.25) is 0 Å². The number of hydrogen-bond acceptors (Lipinski definition) is 1.